The summed E-state index contributed by atoms with van der Waals surface area (Å²) >= 11 is 0. The lowest BCUT2D eigenvalue weighted by atomic mass is 10.1. The lowest BCUT2D eigenvalue weighted by Gasteiger charge is -2.43. The zero-order valence-corrected chi connectivity index (χ0v) is 14.0. The average Bonchev–Trinajstić information content (AvgIpc) is 2.44. The molecule has 6 heteroatoms. The SMILES string of the molecule is Cc1c(NN)nc(C(C)C)nc1N1CC(C)N(C)C(C)C1. The van der Waals surface area contributed by atoms with Gasteiger partial charge in [0.1, 0.15) is 17.5 Å². The van der Waals surface area contributed by atoms with Gasteiger partial charge in [-0.05, 0) is 27.8 Å². The van der Waals surface area contributed by atoms with Crippen LogP contribution in [-0.4, -0.2) is 47.1 Å². The number of nitrogens with two attached hydrogens (primary N) is 1. The number of piperazine rings is 1. The summed E-state index contributed by atoms with van der Waals surface area (Å²) in [6.07, 6.45) is 0. The second kappa shape index (κ2) is 6.15. The Hall–Kier alpha value is -1.40. The quantitative estimate of drug-likeness (QED) is 0.653. The summed E-state index contributed by atoms with van der Waals surface area (Å²) in [6.45, 7) is 12.7. The first-order valence-corrected chi connectivity index (χ1v) is 7.67. The molecule has 2 rings (SSSR count). The van der Waals surface area contributed by atoms with Crippen LogP contribution in [0.1, 0.15) is 45.0 Å². The number of aromatic nitrogens is 2. The normalized spacial score (nSPS) is 23.7. The molecule has 118 valence electrons. The van der Waals surface area contributed by atoms with Gasteiger partial charge in [-0.25, -0.2) is 15.8 Å². The third-order valence-corrected chi connectivity index (χ3v) is 4.45. The van der Waals surface area contributed by atoms with E-state index in [1.165, 1.54) is 0 Å². The zero-order chi connectivity index (χ0) is 15.7. The molecular weight excluding hydrogens is 264 g/mol. The first-order chi connectivity index (χ1) is 9.85. The van der Waals surface area contributed by atoms with Gasteiger partial charge >= 0.3 is 0 Å². The van der Waals surface area contributed by atoms with Gasteiger partial charge in [0.05, 0.1) is 0 Å². The van der Waals surface area contributed by atoms with E-state index in [0.717, 1.165) is 36.1 Å². The van der Waals surface area contributed by atoms with Crippen LogP contribution in [0.25, 0.3) is 0 Å². The van der Waals surface area contributed by atoms with E-state index in [1.54, 1.807) is 0 Å². The minimum absolute atomic E-state index is 0.277. The number of hydrogen-bond acceptors (Lipinski definition) is 6. The summed E-state index contributed by atoms with van der Waals surface area (Å²) in [5.74, 6) is 8.47. The number of hydrazine groups is 1. The maximum Gasteiger partial charge on any atom is 0.148 e. The molecule has 1 fully saturated rings. The van der Waals surface area contributed by atoms with E-state index in [1.807, 2.05) is 6.92 Å². The van der Waals surface area contributed by atoms with Gasteiger partial charge in [-0.15, -0.1) is 0 Å². The largest absolute Gasteiger partial charge is 0.353 e. The van der Waals surface area contributed by atoms with Crippen molar-refractivity contribution in [2.45, 2.75) is 52.6 Å². The van der Waals surface area contributed by atoms with Crippen LogP contribution in [0.4, 0.5) is 11.6 Å². The van der Waals surface area contributed by atoms with Crippen molar-refractivity contribution in [2.75, 3.05) is 30.5 Å². The summed E-state index contributed by atoms with van der Waals surface area (Å²) in [4.78, 5) is 14.1. The van der Waals surface area contributed by atoms with Crippen LogP contribution in [0.5, 0.6) is 0 Å². The minimum atomic E-state index is 0.277. The smallest absolute Gasteiger partial charge is 0.148 e. The van der Waals surface area contributed by atoms with E-state index in [4.69, 9.17) is 10.8 Å². The summed E-state index contributed by atoms with van der Waals surface area (Å²) in [5, 5.41) is 0. The molecule has 0 saturated carbocycles. The summed E-state index contributed by atoms with van der Waals surface area (Å²) in [5.41, 5.74) is 3.73. The van der Waals surface area contributed by atoms with E-state index in [0.29, 0.717) is 12.1 Å². The van der Waals surface area contributed by atoms with Gasteiger partial charge in [0.15, 0.2) is 0 Å². The number of anilines is 2. The van der Waals surface area contributed by atoms with Gasteiger partial charge in [0.25, 0.3) is 0 Å². The molecule has 0 bridgehead atoms. The predicted octanol–water partition coefficient (Wildman–Crippen LogP) is 1.72. The van der Waals surface area contributed by atoms with Gasteiger partial charge < -0.3 is 10.3 Å². The minimum Gasteiger partial charge on any atom is -0.353 e. The third kappa shape index (κ3) is 3.11. The molecule has 0 amide bonds. The van der Waals surface area contributed by atoms with Crippen LogP contribution in [0.3, 0.4) is 0 Å². The van der Waals surface area contributed by atoms with Gasteiger partial charge in [0.2, 0.25) is 0 Å². The van der Waals surface area contributed by atoms with Gasteiger partial charge in [-0.2, -0.15) is 0 Å². The summed E-state index contributed by atoms with van der Waals surface area (Å²) < 4.78 is 0. The molecule has 2 unspecified atom stereocenters. The maximum absolute atomic E-state index is 5.63. The Labute approximate surface area is 127 Å². The molecule has 0 spiro atoms. The maximum atomic E-state index is 5.63. The molecule has 2 atom stereocenters. The molecule has 1 aliphatic heterocycles. The third-order valence-electron chi connectivity index (χ3n) is 4.45. The molecule has 0 radical (unpaired) electrons. The van der Waals surface area contributed by atoms with E-state index in [-0.39, 0.29) is 5.92 Å². The van der Waals surface area contributed by atoms with Crippen molar-refractivity contribution in [3.8, 4) is 0 Å². The molecule has 1 saturated heterocycles. The van der Waals surface area contributed by atoms with Crippen LogP contribution in [0.2, 0.25) is 0 Å². The van der Waals surface area contributed by atoms with Crippen LogP contribution in [0.15, 0.2) is 0 Å². The number of nitrogen functional groups attached to an aromatic ring is 1. The molecule has 1 aliphatic rings. The van der Waals surface area contributed by atoms with Crippen molar-refractivity contribution in [1.29, 1.82) is 0 Å². The Morgan fingerprint density at radius 3 is 2.24 bits per heavy atom. The molecule has 6 nitrogen and oxygen atoms in total. The summed E-state index contributed by atoms with van der Waals surface area (Å²) in [6, 6.07) is 1.000. The Kier molecular flexibility index (Phi) is 4.68. The fourth-order valence-electron chi connectivity index (χ4n) is 2.81. The summed E-state index contributed by atoms with van der Waals surface area (Å²) in [7, 11) is 2.19. The van der Waals surface area contributed by atoms with Crippen molar-refractivity contribution in [2.24, 2.45) is 5.84 Å². The van der Waals surface area contributed by atoms with Crippen molar-refractivity contribution in [3.05, 3.63) is 11.4 Å². The first kappa shape index (κ1) is 16.0. The molecular formula is C15H28N6. The van der Waals surface area contributed by atoms with Crippen molar-refractivity contribution >= 4 is 11.6 Å². The lowest BCUT2D eigenvalue weighted by Crippen LogP contribution is -2.55. The Balaban J connectivity index is 2.40. The highest BCUT2D eigenvalue weighted by atomic mass is 15.3. The molecule has 0 aliphatic carbocycles. The number of likely N-dealkylation sites (N-methyl/N-ethyl adjacent to an activating group) is 1. The van der Waals surface area contributed by atoms with Crippen LogP contribution in [-0.2, 0) is 0 Å². The average molecular weight is 292 g/mol. The van der Waals surface area contributed by atoms with E-state index < -0.39 is 0 Å². The zero-order valence-electron chi connectivity index (χ0n) is 14.0. The molecule has 1 aromatic rings. The fourth-order valence-corrected chi connectivity index (χ4v) is 2.81. The van der Waals surface area contributed by atoms with Crippen molar-refractivity contribution in [1.82, 2.24) is 14.9 Å². The lowest BCUT2D eigenvalue weighted by molar-refractivity contribution is 0.169. The van der Waals surface area contributed by atoms with Gasteiger partial charge in [0, 0.05) is 36.7 Å². The number of nitrogens with zero attached hydrogens (tertiary/aromatic N) is 4. The van der Waals surface area contributed by atoms with Crippen LogP contribution < -0.4 is 16.2 Å². The number of hydrogen-bond donors (Lipinski definition) is 2. The highest BCUT2D eigenvalue weighted by Crippen LogP contribution is 2.28. The second-order valence-electron chi connectivity index (χ2n) is 6.45. The predicted molar refractivity (Wildman–Crippen MR) is 87.6 cm³/mol. The molecule has 21 heavy (non-hydrogen) atoms. The number of nitrogens with one attached hydrogen (secondary N) is 1. The van der Waals surface area contributed by atoms with Crippen molar-refractivity contribution in [3.63, 3.8) is 0 Å². The molecule has 3 N–H and O–H groups in total. The molecule has 1 aromatic heterocycles. The first-order valence-electron chi connectivity index (χ1n) is 7.67. The van der Waals surface area contributed by atoms with E-state index >= 15 is 0 Å². The van der Waals surface area contributed by atoms with Crippen molar-refractivity contribution < 1.29 is 0 Å². The standard InChI is InChI=1S/C15H28N6/c1-9(2)13-17-14(19-16)12(5)15(18-13)21-7-10(3)20(6)11(4)8-21/h9-11H,7-8,16H2,1-6H3,(H,17,18,19). The molecule has 2 heterocycles. The van der Waals surface area contributed by atoms with Crippen LogP contribution >= 0.6 is 0 Å². The molecule has 0 aromatic carbocycles. The Morgan fingerprint density at radius 1 is 1.19 bits per heavy atom. The Bertz CT molecular complexity index is 489. The van der Waals surface area contributed by atoms with E-state index in [9.17, 15) is 0 Å². The van der Waals surface area contributed by atoms with Gasteiger partial charge in [-0.1, -0.05) is 13.8 Å². The van der Waals surface area contributed by atoms with Crippen LogP contribution in [0, 0.1) is 6.92 Å². The van der Waals surface area contributed by atoms with Gasteiger partial charge in [-0.3, -0.25) is 4.90 Å². The highest BCUT2D eigenvalue weighted by molar-refractivity contribution is 5.58. The van der Waals surface area contributed by atoms with E-state index in [2.05, 4.69) is 55.0 Å². The number of rotatable bonds is 3. The highest BCUT2D eigenvalue weighted by Gasteiger charge is 2.29. The second-order valence-corrected chi connectivity index (χ2v) is 6.45. The fraction of sp³-hybridized carbons (Fsp3) is 0.733. The Morgan fingerprint density at radius 2 is 1.76 bits per heavy atom. The topological polar surface area (TPSA) is 70.3 Å². The monoisotopic (exact) mass is 292 g/mol.